The third kappa shape index (κ3) is 2.63. The second-order valence-electron chi connectivity index (χ2n) is 3.53. The molecule has 86 valence electrons. The van der Waals surface area contributed by atoms with Gasteiger partial charge in [-0.25, -0.2) is 4.98 Å². The number of benzene rings is 1. The van der Waals surface area contributed by atoms with Gasteiger partial charge in [-0.2, -0.15) is 0 Å². The van der Waals surface area contributed by atoms with Crippen molar-refractivity contribution in [2.45, 2.75) is 6.92 Å². The summed E-state index contributed by atoms with van der Waals surface area (Å²) in [4.78, 5) is 14.8. The lowest BCUT2D eigenvalue weighted by atomic mass is 10.2. The number of pyridine rings is 1. The summed E-state index contributed by atoms with van der Waals surface area (Å²) < 4.78 is 5.59. The molecule has 2 aromatic rings. The fourth-order valence-corrected chi connectivity index (χ4v) is 1.64. The molecule has 0 saturated heterocycles. The maximum Gasteiger partial charge on any atom is 0.229 e. The van der Waals surface area contributed by atoms with Crippen LogP contribution in [0.15, 0.2) is 36.5 Å². The van der Waals surface area contributed by atoms with E-state index in [0.29, 0.717) is 28.5 Å². The summed E-state index contributed by atoms with van der Waals surface area (Å²) in [5.41, 5.74) is 1.31. The summed E-state index contributed by atoms with van der Waals surface area (Å²) in [5, 5.41) is 0.645. The first-order valence-corrected chi connectivity index (χ1v) is 5.42. The molecule has 0 aliphatic heterocycles. The summed E-state index contributed by atoms with van der Waals surface area (Å²) in [5.74, 6) is 0.934. The first-order chi connectivity index (χ1) is 8.20. The van der Waals surface area contributed by atoms with E-state index in [0.717, 1.165) is 5.56 Å². The Hall–Kier alpha value is -1.87. The van der Waals surface area contributed by atoms with E-state index in [1.807, 2.05) is 6.92 Å². The Morgan fingerprint density at radius 1 is 1.35 bits per heavy atom. The van der Waals surface area contributed by atoms with Gasteiger partial charge in [0.1, 0.15) is 5.75 Å². The molecule has 0 saturated carbocycles. The second-order valence-corrected chi connectivity index (χ2v) is 3.96. The SMILES string of the molecule is Cc1cc(Cl)ccc1Oc1ncccc1C=O. The maximum atomic E-state index is 10.8. The van der Waals surface area contributed by atoms with Gasteiger partial charge in [-0.05, 0) is 42.8 Å². The molecule has 1 aromatic heterocycles. The number of aromatic nitrogens is 1. The first kappa shape index (κ1) is 11.6. The van der Waals surface area contributed by atoms with E-state index < -0.39 is 0 Å². The standard InChI is InChI=1S/C13H10ClNO2/c1-9-7-11(14)4-5-12(9)17-13-10(8-16)3-2-6-15-13/h2-8H,1H3. The van der Waals surface area contributed by atoms with E-state index in [9.17, 15) is 4.79 Å². The summed E-state index contributed by atoms with van der Waals surface area (Å²) >= 11 is 5.85. The van der Waals surface area contributed by atoms with Gasteiger partial charge in [0.2, 0.25) is 5.88 Å². The van der Waals surface area contributed by atoms with E-state index in [2.05, 4.69) is 4.98 Å². The van der Waals surface area contributed by atoms with Crippen LogP contribution in [0.5, 0.6) is 11.6 Å². The zero-order chi connectivity index (χ0) is 12.3. The van der Waals surface area contributed by atoms with Crippen molar-refractivity contribution >= 4 is 17.9 Å². The van der Waals surface area contributed by atoms with Gasteiger partial charge < -0.3 is 4.74 Å². The smallest absolute Gasteiger partial charge is 0.229 e. The molecule has 0 aliphatic rings. The monoisotopic (exact) mass is 247 g/mol. The maximum absolute atomic E-state index is 10.8. The highest BCUT2D eigenvalue weighted by Crippen LogP contribution is 2.27. The summed E-state index contributed by atoms with van der Waals surface area (Å²) in [6.07, 6.45) is 2.29. The van der Waals surface area contributed by atoms with Crippen LogP contribution in [0.2, 0.25) is 5.02 Å². The number of carbonyl (C=O) groups excluding carboxylic acids is 1. The van der Waals surface area contributed by atoms with Gasteiger partial charge in [-0.15, -0.1) is 0 Å². The van der Waals surface area contributed by atoms with Crippen LogP contribution in [-0.2, 0) is 0 Å². The molecular weight excluding hydrogens is 238 g/mol. The lowest BCUT2D eigenvalue weighted by Crippen LogP contribution is -1.94. The van der Waals surface area contributed by atoms with Crippen LogP contribution in [0, 0.1) is 6.92 Å². The van der Waals surface area contributed by atoms with E-state index in [1.165, 1.54) is 0 Å². The lowest BCUT2D eigenvalue weighted by Gasteiger charge is -2.09. The van der Waals surface area contributed by atoms with Crippen LogP contribution in [-0.4, -0.2) is 11.3 Å². The number of halogens is 1. The quantitative estimate of drug-likeness (QED) is 0.777. The molecule has 0 spiro atoms. The van der Waals surface area contributed by atoms with Crippen molar-refractivity contribution in [3.8, 4) is 11.6 Å². The number of aldehydes is 1. The number of ether oxygens (including phenoxy) is 1. The fourth-order valence-electron chi connectivity index (χ4n) is 1.41. The number of hydrogen-bond donors (Lipinski definition) is 0. The minimum Gasteiger partial charge on any atom is -0.438 e. The van der Waals surface area contributed by atoms with Gasteiger partial charge in [0.05, 0.1) is 5.56 Å². The van der Waals surface area contributed by atoms with Gasteiger partial charge in [0, 0.05) is 11.2 Å². The van der Waals surface area contributed by atoms with Crippen LogP contribution in [0.4, 0.5) is 0 Å². The number of nitrogens with zero attached hydrogens (tertiary/aromatic N) is 1. The Morgan fingerprint density at radius 2 is 2.18 bits per heavy atom. The molecule has 1 heterocycles. The van der Waals surface area contributed by atoms with Gasteiger partial charge >= 0.3 is 0 Å². The summed E-state index contributed by atoms with van der Waals surface area (Å²) in [6, 6.07) is 8.61. The van der Waals surface area contributed by atoms with Crippen LogP contribution in [0.25, 0.3) is 0 Å². The Labute approximate surface area is 104 Å². The van der Waals surface area contributed by atoms with Gasteiger partial charge in [-0.1, -0.05) is 11.6 Å². The molecule has 2 rings (SSSR count). The number of aryl methyl sites for hydroxylation is 1. The van der Waals surface area contributed by atoms with E-state index >= 15 is 0 Å². The zero-order valence-corrected chi connectivity index (χ0v) is 9.94. The normalized spacial score (nSPS) is 10.0. The second kappa shape index (κ2) is 4.97. The van der Waals surface area contributed by atoms with Crippen molar-refractivity contribution < 1.29 is 9.53 Å². The van der Waals surface area contributed by atoms with Crippen molar-refractivity contribution in [3.63, 3.8) is 0 Å². The zero-order valence-electron chi connectivity index (χ0n) is 9.18. The number of rotatable bonds is 3. The molecule has 0 bridgehead atoms. The van der Waals surface area contributed by atoms with Crippen molar-refractivity contribution in [1.29, 1.82) is 0 Å². The highest BCUT2D eigenvalue weighted by molar-refractivity contribution is 6.30. The average molecular weight is 248 g/mol. The number of hydrogen-bond acceptors (Lipinski definition) is 3. The average Bonchev–Trinajstić information content (AvgIpc) is 2.33. The first-order valence-electron chi connectivity index (χ1n) is 5.05. The van der Waals surface area contributed by atoms with Crippen molar-refractivity contribution in [2.75, 3.05) is 0 Å². The van der Waals surface area contributed by atoms with Crippen LogP contribution >= 0.6 is 11.6 Å². The van der Waals surface area contributed by atoms with Crippen molar-refractivity contribution in [3.05, 3.63) is 52.7 Å². The number of carbonyl (C=O) groups is 1. The predicted octanol–water partition coefficient (Wildman–Crippen LogP) is 3.65. The van der Waals surface area contributed by atoms with Gasteiger partial charge in [-0.3, -0.25) is 4.79 Å². The molecule has 0 N–H and O–H groups in total. The highest BCUT2D eigenvalue weighted by Gasteiger charge is 2.07. The minimum atomic E-state index is 0.299. The van der Waals surface area contributed by atoms with Crippen LogP contribution in [0.3, 0.4) is 0 Å². The molecule has 17 heavy (non-hydrogen) atoms. The molecule has 0 atom stereocenters. The van der Waals surface area contributed by atoms with Crippen molar-refractivity contribution in [1.82, 2.24) is 4.98 Å². The van der Waals surface area contributed by atoms with Gasteiger partial charge in [0.25, 0.3) is 0 Å². The Bertz CT molecular complexity index is 555. The molecule has 0 aliphatic carbocycles. The molecule has 0 radical (unpaired) electrons. The molecule has 4 heteroatoms. The topological polar surface area (TPSA) is 39.2 Å². The molecule has 1 aromatic carbocycles. The largest absolute Gasteiger partial charge is 0.438 e. The van der Waals surface area contributed by atoms with Gasteiger partial charge in [0.15, 0.2) is 6.29 Å². The fraction of sp³-hybridized carbons (Fsp3) is 0.0769. The molecule has 0 fully saturated rings. The predicted molar refractivity (Wildman–Crippen MR) is 65.9 cm³/mol. The highest BCUT2D eigenvalue weighted by atomic mass is 35.5. The molecular formula is C13H10ClNO2. The van der Waals surface area contributed by atoms with Crippen molar-refractivity contribution in [2.24, 2.45) is 0 Å². The summed E-state index contributed by atoms with van der Waals surface area (Å²) in [7, 11) is 0. The van der Waals surface area contributed by atoms with E-state index in [1.54, 1.807) is 36.5 Å². The molecule has 3 nitrogen and oxygen atoms in total. The van der Waals surface area contributed by atoms with Crippen LogP contribution < -0.4 is 4.74 Å². The minimum absolute atomic E-state index is 0.299. The lowest BCUT2D eigenvalue weighted by molar-refractivity contribution is 0.112. The third-order valence-corrected chi connectivity index (χ3v) is 2.51. The van der Waals surface area contributed by atoms with E-state index in [-0.39, 0.29) is 0 Å². The Kier molecular flexibility index (Phi) is 3.40. The summed E-state index contributed by atoms with van der Waals surface area (Å²) in [6.45, 7) is 1.88. The third-order valence-electron chi connectivity index (χ3n) is 2.27. The Morgan fingerprint density at radius 3 is 2.88 bits per heavy atom. The molecule has 0 amide bonds. The Balaban J connectivity index is 2.34. The van der Waals surface area contributed by atoms with E-state index in [4.69, 9.17) is 16.3 Å². The van der Waals surface area contributed by atoms with Crippen LogP contribution in [0.1, 0.15) is 15.9 Å². The molecule has 0 unspecified atom stereocenters.